The topological polar surface area (TPSA) is 209 Å². The maximum atomic E-state index is 12.7. The van der Waals surface area contributed by atoms with Crippen molar-refractivity contribution >= 4 is 15.7 Å². The Kier molecular flexibility index (Phi) is 17.5. The van der Waals surface area contributed by atoms with Crippen molar-refractivity contribution in [2.75, 3.05) is 65.0 Å². The standard InChI is InChI=1S/C22H35N7O7S/c23-28-26-8-3-1-2-6-20(30)18-37(32,33)21-7-4-5-19(17-21)22(31)25-9-11-34-13-15-36-16-14-35-12-10-27-29-24/h4-5,7,17,20,30H,1-3,6,8-16,18H2,(H,25,31). The van der Waals surface area contributed by atoms with E-state index in [-0.39, 0.29) is 30.2 Å². The summed E-state index contributed by atoms with van der Waals surface area (Å²) in [6.45, 7) is 2.92. The second-order valence-electron chi connectivity index (χ2n) is 7.81. The summed E-state index contributed by atoms with van der Waals surface area (Å²) >= 11 is 0. The van der Waals surface area contributed by atoms with Crippen LogP contribution in [-0.4, -0.2) is 90.6 Å². The Morgan fingerprint density at radius 2 is 1.59 bits per heavy atom. The highest BCUT2D eigenvalue weighted by atomic mass is 32.2. The molecule has 0 radical (unpaired) electrons. The zero-order valence-corrected chi connectivity index (χ0v) is 21.6. The van der Waals surface area contributed by atoms with Gasteiger partial charge in [-0.25, -0.2) is 8.42 Å². The molecule has 0 heterocycles. The van der Waals surface area contributed by atoms with E-state index in [1.165, 1.54) is 24.3 Å². The molecule has 1 atom stereocenters. The van der Waals surface area contributed by atoms with Gasteiger partial charge in [-0.05, 0) is 42.1 Å². The van der Waals surface area contributed by atoms with Gasteiger partial charge in [-0.3, -0.25) is 4.79 Å². The van der Waals surface area contributed by atoms with Crippen LogP contribution in [0.3, 0.4) is 0 Å². The fraction of sp³-hybridized carbons (Fsp3) is 0.682. The number of nitrogens with one attached hydrogen (secondary N) is 1. The summed E-state index contributed by atoms with van der Waals surface area (Å²) in [7, 11) is -3.78. The molecular weight excluding hydrogens is 506 g/mol. The van der Waals surface area contributed by atoms with Crippen LogP contribution in [0.5, 0.6) is 0 Å². The Hall–Kier alpha value is -2.90. The average Bonchev–Trinajstić information content (AvgIpc) is 2.88. The van der Waals surface area contributed by atoms with Gasteiger partial charge >= 0.3 is 0 Å². The van der Waals surface area contributed by atoms with E-state index in [2.05, 4.69) is 25.4 Å². The van der Waals surface area contributed by atoms with Crippen LogP contribution in [0, 0.1) is 0 Å². The van der Waals surface area contributed by atoms with Crippen LogP contribution in [0.2, 0.25) is 0 Å². The van der Waals surface area contributed by atoms with Crippen LogP contribution in [0.15, 0.2) is 39.4 Å². The van der Waals surface area contributed by atoms with Crippen molar-refractivity contribution in [3.8, 4) is 0 Å². The fourth-order valence-corrected chi connectivity index (χ4v) is 4.54. The number of carbonyl (C=O) groups is 1. The van der Waals surface area contributed by atoms with Crippen LogP contribution < -0.4 is 5.32 Å². The largest absolute Gasteiger partial charge is 0.392 e. The maximum absolute atomic E-state index is 12.7. The second kappa shape index (κ2) is 20.2. The summed E-state index contributed by atoms with van der Waals surface area (Å²) in [6, 6.07) is 5.68. The Bertz CT molecular complexity index is 997. The average molecular weight is 542 g/mol. The van der Waals surface area contributed by atoms with Crippen LogP contribution in [0.25, 0.3) is 20.9 Å². The summed E-state index contributed by atoms with van der Waals surface area (Å²) in [5, 5.41) is 19.6. The van der Waals surface area contributed by atoms with Gasteiger partial charge in [-0.2, -0.15) is 0 Å². The van der Waals surface area contributed by atoms with E-state index < -0.39 is 27.6 Å². The number of carbonyl (C=O) groups excluding carboxylic acids is 1. The molecule has 1 aromatic carbocycles. The number of benzene rings is 1. The molecule has 0 aliphatic heterocycles. The number of aliphatic hydroxyl groups is 1. The molecule has 1 rings (SSSR count). The van der Waals surface area contributed by atoms with E-state index in [1.54, 1.807) is 0 Å². The van der Waals surface area contributed by atoms with Gasteiger partial charge in [0, 0.05) is 35.0 Å². The number of ether oxygens (including phenoxy) is 3. The van der Waals surface area contributed by atoms with Gasteiger partial charge < -0.3 is 24.6 Å². The van der Waals surface area contributed by atoms with Crippen molar-refractivity contribution < 1.29 is 32.5 Å². The number of sulfone groups is 1. The molecule has 1 aromatic rings. The molecular formula is C22H35N7O7S. The lowest BCUT2D eigenvalue weighted by atomic mass is 10.1. The first-order valence-corrected chi connectivity index (χ1v) is 13.6. The van der Waals surface area contributed by atoms with Crippen molar-refractivity contribution in [1.82, 2.24) is 5.32 Å². The van der Waals surface area contributed by atoms with Crippen LogP contribution in [-0.2, 0) is 24.0 Å². The first-order valence-electron chi connectivity index (χ1n) is 11.9. The Morgan fingerprint density at radius 1 is 0.946 bits per heavy atom. The van der Waals surface area contributed by atoms with Gasteiger partial charge in [-0.15, -0.1) is 0 Å². The smallest absolute Gasteiger partial charge is 0.251 e. The van der Waals surface area contributed by atoms with Crippen molar-refractivity contribution in [2.24, 2.45) is 10.2 Å². The molecule has 206 valence electrons. The first-order chi connectivity index (χ1) is 17.9. The summed E-state index contributed by atoms with van der Waals surface area (Å²) in [5.41, 5.74) is 16.6. The van der Waals surface area contributed by atoms with Gasteiger partial charge in [0.1, 0.15) is 0 Å². The molecule has 0 bridgehead atoms. The number of hydrogen-bond acceptors (Lipinski definition) is 9. The van der Waals surface area contributed by atoms with Gasteiger partial charge in [0.15, 0.2) is 9.84 Å². The molecule has 1 amide bonds. The lowest BCUT2D eigenvalue weighted by Crippen LogP contribution is -2.28. The third kappa shape index (κ3) is 15.7. The van der Waals surface area contributed by atoms with Gasteiger partial charge in [0.2, 0.25) is 0 Å². The summed E-state index contributed by atoms with van der Waals surface area (Å²) in [5.74, 6) is -0.873. The molecule has 15 heteroatoms. The number of hydrogen-bond donors (Lipinski definition) is 2. The van der Waals surface area contributed by atoms with Crippen molar-refractivity contribution in [3.63, 3.8) is 0 Å². The zero-order chi connectivity index (χ0) is 27.2. The highest BCUT2D eigenvalue weighted by Crippen LogP contribution is 2.16. The first kappa shape index (κ1) is 32.1. The van der Waals surface area contributed by atoms with Crippen LogP contribution in [0.4, 0.5) is 0 Å². The quantitative estimate of drug-likeness (QED) is 0.0969. The van der Waals surface area contributed by atoms with Gasteiger partial charge in [-0.1, -0.05) is 29.1 Å². The highest BCUT2D eigenvalue weighted by molar-refractivity contribution is 7.91. The van der Waals surface area contributed by atoms with Gasteiger partial charge in [0.25, 0.3) is 5.91 Å². The minimum Gasteiger partial charge on any atom is -0.392 e. The van der Waals surface area contributed by atoms with E-state index in [1.807, 2.05) is 0 Å². The molecule has 0 saturated carbocycles. The van der Waals surface area contributed by atoms with E-state index in [0.29, 0.717) is 58.8 Å². The third-order valence-electron chi connectivity index (χ3n) is 4.90. The molecule has 0 spiro atoms. The van der Waals surface area contributed by atoms with Crippen molar-refractivity contribution in [3.05, 3.63) is 50.7 Å². The lowest BCUT2D eigenvalue weighted by Gasteiger charge is -2.12. The van der Waals surface area contributed by atoms with Crippen molar-refractivity contribution in [2.45, 2.75) is 36.7 Å². The number of nitrogens with zero attached hydrogens (tertiary/aromatic N) is 6. The van der Waals surface area contributed by atoms with E-state index in [4.69, 9.17) is 25.3 Å². The lowest BCUT2D eigenvalue weighted by molar-refractivity contribution is 0.0166. The van der Waals surface area contributed by atoms with E-state index >= 15 is 0 Å². The number of amides is 1. The fourth-order valence-electron chi connectivity index (χ4n) is 3.08. The van der Waals surface area contributed by atoms with Crippen LogP contribution in [0.1, 0.15) is 36.0 Å². The van der Waals surface area contributed by atoms with Crippen LogP contribution >= 0.6 is 0 Å². The number of aliphatic hydroxyl groups excluding tert-OH is 1. The molecule has 0 fully saturated rings. The normalized spacial score (nSPS) is 11.8. The third-order valence-corrected chi connectivity index (χ3v) is 6.70. The van der Waals surface area contributed by atoms with E-state index in [0.717, 1.165) is 6.42 Å². The minimum absolute atomic E-state index is 0.0299. The van der Waals surface area contributed by atoms with Gasteiger partial charge in [0.05, 0.1) is 56.4 Å². The number of azide groups is 2. The molecule has 0 aliphatic rings. The highest BCUT2D eigenvalue weighted by Gasteiger charge is 2.21. The SMILES string of the molecule is [N-]=[N+]=NCCCCCC(O)CS(=O)(=O)c1cccc(C(=O)NCCOCCOCCOCCN=[N+]=[N-])c1. The predicted molar refractivity (Wildman–Crippen MR) is 136 cm³/mol. The Morgan fingerprint density at radius 3 is 2.30 bits per heavy atom. The monoisotopic (exact) mass is 541 g/mol. The van der Waals surface area contributed by atoms with E-state index in [9.17, 15) is 18.3 Å². The molecule has 0 saturated heterocycles. The van der Waals surface area contributed by atoms with Crippen molar-refractivity contribution in [1.29, 1.82) is 0 Å². The molecule has 1 unspecified atom stereocenters. The summed E-state index contributed by atoms with van der Waals surface area (Å²) in [6.07, 6.45) is 1.30. The Balaban J connectivity index is 2.28. The molecule has 2 N–H and O–H groups in total. The zero-order valence-electron chi connectivity index (χ0n) is 20.8. The molecule has 37 heavy (non-hydrogen) atoms. The molecule has 14 nitrogen and oxygen atoms in total. The molecule has 0 aromatic heterocycles. The molecule has 0 aliphatic carbocycles. The number of unbranched alkanes of at least 4 members (excludes halogenated alkanes) is 2. The summed E-state index contributed by atoms with van der Waals surface area (Å²) in [4.78, 5) is 17.6. The minimum atomic E-state index is -3.78. The summed E-state index contributed by atoms with van der Waals surface area (Å²) < 4.78 is 41.2. The predicted octanol–water partition coefficient (Wildman–Crippen LogP) is 2.78. The number of rotatable bonds is 22. The Labute approximate surface area is 216 Å². The second-order valence-corrected chi connectivity index (χ2v) is 9.85. The maximum Gasteiger partial charge on any atom is 0.251 e.